The standard InChI is InChI=1S/C23H24N4O3/c1-3-30-22(28)21-14-24-27(16(21)2)20-10-6-9-19(13-20)25-23(29)26-12-11-17-7-4-5-8-18(17)15-26/h4-10,13-14H,3,11-12,15H2,1-2H3,(H,25,29). The molecule has 1 aromatic heterocycles. The van der Waals surface area contributed by atoms with Gasteiger partial charge in [-0.15, -0.1) is 0 Å². The summed E-state index contributed by atoms with van der Waals surface area (Å²) in [4.78, 5) is 26.6. The zero-order chi connectivity index (χ0) is 21.1. The Kier molecular flexibility index (Phi) is 5.52. The van der Waals surface area contributed by atoms with Crippen molar-refractivity contribution in [3.63, 3.8) is 0 Å². The largest absolute Gasteiger partial charge is 0.462 e. The van der Waals surface area contributed by atoms with Crippen molar-refractivity contribution in [2.45, 2.75) is 26.8 Å². The lowest BCUT2D eigenvalue weighted by molar-refractivity contribution is 0.0525. The van der Waals surface area contributed by atoms with Gasteiger partial charge in [0.05, 0.1) is 24.2 Å². The van der Waals surface area contributed by atoms with Crippen LogP contribution in [0.3, 0.4) is 0 Å². The first-order valence-electron chi connectivity index (χ1n) is 10.0. The fraction of sp³-hybridized carbons (Fsp3) is 0.261. The summed E-state index contributed by atoms with van der Waals surface area (Å²) in [7, 11) is 0. The molecular weight excluding hydrogens is 380 g/mol. The number of amides is 2. The number of urea groups is 1. The molecule has 0 fully saturated rings. The molecule has 154 valence electrons. The van der Waals surface area contributed by atoms with Gasteiger partial charge in [-0.3, -0.25) is 0 Å². The number of rotatable bonds is 4. The fourth-order valence-electron chi connectivity index (χ4n) is 3.67. The van der Waals surface area contributed by atoms with E-state index in [1.807, 2.05) is 48.2 Å². The molecule has 3 aromatic rings. The number of aromatic nitrogens is 2. The highest BCUT2D eigenvalue weighted by molar-refractivity contribution is 5.91. The Labute approximate surface area is 175 Å². The van der Waals surface area contributed by atoms with Crippen molar-refractivity contribution >= 4 is 17.7 Å². The summed E-state index contributed by atoms with van der Waals surface area (Å²) in [5, 5.41) is 7.29. The van der Waals surface area contributed by atoms with Crippen molar-refractivity contribution in [1.29, 1.82) is 0 Å². The Balaban J connectivity index is 1.49. The van der Waals surface area contributed by atoms with Gasteiger partial charge in [0.25, 0.3) is 0 Å². The molecule has 2 heterocycles. The molecule has 7 heteroatoms. The van der Waals surface area contributed by atoms with Crippen LogP contribution in [0.15, 0.2) is 54.7 Å². The Morgan fingerprint density at radius 2 is 1.93 bits per heavy atom. The number of benzene rings is 2. The molecule has 4 rings (SSSR count). The molecule has 2 aromatic carbocycles. The van der Waals surface area contributed by atoms with Crippen LogP contribution in [-0.2, 0) is 17.7 Å². The van der Waals surface area contributed by atoms with Crippen LogP contribution < -0.4 is 5.32 Å². The number of carbonyl (C=O) groups excluding carboxylic acids is 2. The molecular formula is C23H24N4O3. The van der Waals surface area contributed by atoms with Gasteiger partial charge in [-0.25, -0.2) is 14.3 Å². The molecule has 1 aliphatic heterocycles. The van der Waals surface area contributed by atoms with Crippen molar-refractivity contribution in [1.82, 2.24) is 14.7 Å². The van der Waals surface area contributed by atoms with Gasteiger partial charge < -0.3 is 15.0 Å². The number of hydrogen-bond donors (Lipinski definition) is 1. The van der Waals surface area contributed by atoms with Gasteiger partial charge in [-0.1, -0.05) is 30.3 Å². The van der Waals surface area contributed by atoms with Gasteiger partial charge in [-0.2, -0.15) is 5.10 Å². The van der Waals surface area contributed by atoms with Crippen molar-refractivity contribution in [3.05, 3.63) is 77.1 Å². The van der Waals surface area contributed by atoms with E-state index < -0.39 is 5.97 Å². The van der Waals surface area contributed by atoms with Gasteiger partial charge in [0.2, 0.25) is 0 Å². The average Bonchev–Trinajstić information content (AvgIpc) is 3.15. The molecule has 0 bridgehead atoms. The molecule has 2 amide bonds. The highest BCUT2D eigenvalue weighted by Crippen LogP contribution is 2.21. The molecule has 1 N–H and O–H groups in total. The first-order valence-corrected chi connectivity index (χ1v) is 10.0. The number of nitrogens with one attached hydrogen (secondary N) is 1. The second kappa shape index (κ2) is 8.41. The molecule has 0 unspecified atom stereocenters. The maximum absolute atomic E-state index is 12.8. The minimum atomic E-state index is -0.393. The average molecular weight is 404 g/mol. The topological polar surface area (TPSA) is 76.5 Å². The summed E-state index contributed by atoms with van der Waals surface area (Å²) < 4.78 is 6.74. The predicted molar refractivity (Wildman–Crippen MR) is 114 cm³/mol. The van der Waals surface area contributed by atoms with Crippen LogP contribution in [0, 0.1) is 6.92 Å². The third-order valence-corrected chi connectivity index (χ3v) is 5.27. The van der Waals surface area contributed by atoms with Crippen molar-refractivity contribution < 1.29 is 14.3 Å². The van der Waals surface area contributed by atoms with E-state index in [1.54, 1.807) is 11.6 Å². The molecule has 1 aliphatic rings. The number of anilines is 1. The zero-order valence-corrected chi connectivity index (χ0v) is 17.1. The quantitative estimate of drug-likeness (QED) is 0.668. The van der Waals surface area contributed by atoms with E-state index >= 15 is 0 Å². The molecule has 0 saturated carbocycles. The zero-order valence-electron chi connectivity index (χ0n) is 17.1. The van der Waals surface area contributed by atoms with E-state index in [4.69, 9.17) is 4.74 Å². The van der Waals surface area contributed by atoms with E-state index in [2.05, 4.69) is 22.5 Å². The first-order chi connectivity index (χ1) is 14.6. The Hall–Kier alpha value is -3.61. The van der Waals surface area contributed by atoms with Crippen LogP contribution in [0.1, 0.15) is 34.1 Å². The Bertz CT molecular complexity index is 1090. The second-order valence-corrected chi connectivity index (χ2v) is 7.20. The number of nitrogens with zero attached hydrogens (tertiary/aromatic N) is 3. The molecule has 0 aliphatic carbocycles. The van der Waals surface area contributed by atoms with Gasteiger partial charge in [0.1, 0.15) is 5.56 Å². The van der Waals surface area contributed by atoms with Crippen LogP contribution in [-0.4, -0.2) is 39.8 Å². The third-order valence-electron chi connectivity index (χ3n) is 5.27. The Morgan fingerprint density at radius 3 is 2.73 bits per heavy atom. The lowest BCUT2D eigenvalue weighted by Crippen LogP contribution is -2.38. The molecule has 0 radical (unpaired) electrons. The van der Waals surface area contributed by atoms with E-state index in [0.717, 1.165) is 12.1 Å². The van der Waals surface area contributed by atoms with E-state index in [0.29, 0.717) is 36.6 Å². The Morgan fingerprint density at radius 1 is 1.13 bits per heavy atom. The highest BCUT2D eigenvalue weighted by atomic mass is 16.5. The molecule has 0 spiro atoms. The minimum absolute atomic E-state index is 0.133. The summed E-state index contributed by atoms with van der Waals surface area (Å²) >= 11 is 0. The molecule has 0 saturated heterocycles. The SMILES string of the molecule is CCOC(=O)c1cnn(-c2cccc(NC(=O)N3CCc4ccccc4C3)c2)c1C. The summed E-state index contributed by atoms with van der Waals surface area (Å²) in [6.45, 7) is 5.18. The number of ether oxygens (including phenoxy) is 1. The van der Waals surface area contributed by atoms with E-state index in [9.17, 15) is 9.59 Å². The van der Waals surface area contributed by atoms with Crippen LogP contribution in [0.25, 0.3) is 5.69 Å². The van der Waals surface area contributed by atoms with E-state index in [-0.39, 0.29) is 6.03 Å². The normalized spacial score (nSPS) is 12.9. The minimum Gasteiger partial charge on any atom is -0.462 e. The molecule has 7 nitrogen and oxygen atoms in total. The number of fused-ring (bicyclic) bond motifs is 1. The van der Waals surface area contributed by atoms with Crippen LogP contribution >= 0.6 is 0 Å². The first kappa shape index (κ1) is 19.7. The maximum atomic E-state index is 12.8. The smallest absolute Gasteiger partial charge is 0.341 e. The number of esters is 1. The summed E-state index contributed by atoms with van der Waals surface area (Å²) in [5.41, 5.74) is 5.03. The second-order valence-electron chi connectivity index (χ2n) is 7.20. The number of hydrogen-bond acceptors (Lipinski definition) is 4. The van der Waals surface area contributed by atoms with Crippen LogP contribution in [0.5, 0.6) is 0 Å². The van der Waals surface area contributed by atoms with Gasteiger partial charge in [0, 0.05) is 18.8 Å². The van der Waals surface area contributed by atoms with Crippen molar-refractivity contribution in [3.8, 4) is 5.69 Å². The maximum Gasteiger partial charge on any atom is 0.341 e. The fourth-order valence-corrected chi connectivity index (χ4v) is 3.67. The molecule has 30 heavy (non-hydrogen) atoms. The monoisotopic (exact) mass is 404 g/mol. The predicted octanol–water partition coefficient (Wildman–Crippen LogP) is 3.95. The summed E-state index contributed by atoms with van der Waals surface area (Å²) in [6.07, 6.45) is 2.36. The molecule has 0 atom stereocenters. The van der Waals surface area contributed by atoms with Gasteiger partial charge in [-0.05, 0) is 49.6 Å². The highest BCUT2D eigenvalue weighted by Gasteiger charge is 2.21. The van der Waals surface area contributed by atoms with Crippen LogP contribution in [0.4, 0.5) is 10.5 Å². The van der Waals surface area contributed by atoms with Gasteiger partial charge in [0.15, 0.2) is 0 Å². The van der Waals surface area contributed by atoms with Crippen LogP contribution in [0.2, 0.25) is 0 Å². The van der Waals surface area contributed by atoms with Crippen molar-refractivity contribution in [2.24, 2.45) is 0 Å². The number of carbonyl (C=O) groups is 2. The third kappa shape index (κ3) is 3.91. The lowest BCUT2D eigenvalue weighted by atomic mass is 10.0. The summed E-state index contributed by atoms with van der Waals surface area (Å²) in [6, 6.07) is 15.5. The van der Waals surface area contributed by atoms with Crippen molar-refractivity contribution in [2.75, 3.05) is 18.5 Å². The summed E-state index contributed by atoms with van der Waals surface area (Å²) in [5.74, 6) is -0.393. The van der Waals surface area contributed by atoms with E-state index in [1.165, 1.54) is 17.3 Å². The lowest BCUT2D eigenvalue weighted by Gasteiger charge is -2.29. The van der Waals surface area contributed by atoms with Gasteiger partial charge >= 0.3 is 12.0 Å².